The fourth-order valence-corrected chi connectivity index (χ4v) is 2.67. The van der Waals surface area contributed by atoms with Crippen molar-refractivity contribution in [3.8, 4) is 11.5 Å². The van der Waals surface area contributed by atoms with Gasteiger partial charge >= 0.3 is 0 Å². The number of ether oxygens (including phenoxy) is 2. The Labute approximate surface area is 146 Å². The minimum Gasteiger partial charge on any atom is -0.497 e. The van der Waals surface area contributed by atoms with Crippen LogP contribution in [0.1, 0.15) is 32.1 Å². The van der Waals surface area contributed by atoms with Gasteiger partial charge < -0.3 is 19.8 Å². The Morgan fingerprint density at radius 1 is 1.24 bits per heavy atom. The highest BCUT2D eigenvalue weighted by atomic mass is 16.5. The largest absolute Gasteiger partial charge is 0.497 e. The molecular formula is C19H22N2O4. The van der Waals surface area contributed by atoms with E-state index in [0.29, 0.717) is 17.9 Å². The van der Waals surface area contributed by atoms with Crippen LogP contribution in [-0.2, 0) is 6.54 Å². The molecule has 0 spiro atoms. The van der Waals surface area contributed by atoms with Gasteiger partial charge in [-0.1, -0.05) is 6.08 Å². The first-order valence-electron chi connectivity index (χ1n) is 7.80. The third kappa shape index (κ3) is 3.91. The molecular weight excluding hydrogens is 320 g/mol. The zero-order valence-electron chi connectivity index (χ0n) is 14.7. The van der Waals surface area contributed by atoms with E-state index in [0.717, 1.165) is 11.4 Å². The number of benzene rings is 1. The van der Waals surface area contributed by atoms with Crippen LogP contribution < -0.4 is 15.2 Å². The topological polar surface area (TPSA) is 83.6 Å². The molecule has 6 heteroatoms. The van der Waals surface area contributed by atoms with Crippen molar-refractivity contribution in [3.63, 3.8) is 0 Å². The second-order valence-corrected chi connectivity index (χ2v) is 5.62. The molecule has 0 aliphatic rings. The van der Waals surface area contributed by atoms with Gasteiger partial charge in [0, 0.05) is 29.6 Å². The van der Waals surface area contributed by atoms with Gasteiger partial charge in [0.1, 0.15) is 11.5 Å². The summed E-state index contributed by atoms with van der Waals surface area (Å²) in [5.74, 6) is -0.0763. The van der Waals surface area contributed by atoms with Crippen molar-refractivity contribution >= 4 is 11.7 Å². The lowest BCUT2D eigenvalue weighted by Crippen LogP contribution is -2.17. The highest BCUT2D eigenvalue weighted by molar-refractivity contribution is 5.99. The SMILES string of the molecule is C=CCn1c(C)cc(C(=O)COc2cc(OC)ccc2C(N)=O)c1C. The third-order valence-electron chi connectivity index (χ3n) is 4.00. The van der Waals surface area contributed by atoms with Crippen LogP contribution in [0.25, 0.3) is 0 Å². The molecule has 2 N–H and O–H groups in total. The summed E-state index contributed by atoms with van der Waals surface area (Å²) in [4.78, 5) is 24.0. The third-order valence-corrected chi connectivity index (χ3v) is 4.00. The summed E-state index contributed by atoms with van der Waals surface area (Å²) in [6, 6.07) is 6.48. The number of amides is 1. The predicted octanol–water partition coefficient (Wildman–Crippen LogP) is 2.66. The Morgan fingerprint density at radius 3 is 2.56 bits per heavy atom. The van der Waals surface area contributed by atoms with E-state index in [4.69, 9.17) is 15.2 Å². The molecule has 1 amide bonds. The summed E-state index contributed by atoms with van der Waals surface area (Å²) in [6.45, 7) is 7.97. The zero-order valence-corrected chi connectivity index (χ0v) is 14.7. The summed E-state index contributed by atoms with van der Waals surface area (Å²) in [7, 11) is 1.50. The Balaban J connectivity index is 2.22. The van der Waals surface area contributed by atoms with E-state index in [9.17, 15) is 9.59 Å². The van der Waals surface area contributed by atoms with E-state index >= 15 is 0 Å². The molecule has 132 valence electrons. The number of hydrogen-bond acceptors (Lipinski definition) is 4. The lowest BCUT2D eigenvalue weighted by Gasteiger charge is -2.11. The first-order valence-corrected chi connectivity index (χ1v) is 7.80. The van der Waals surface area contributed by atoms with Crippen LogP contribution in [0.5, 0.6) is 11.5 Å². The molecule has 25 heavy (non-hydrogen) atoms. The predicted molar refractivity (Wildman–Crippen MR) is 95.4 cm³/mol. The molecule has 6 nitrogen and oxygen atoms in total. The van der Waals surface area contributed by atoms with Crippen LogP contribution in [0.15, 0.2) is 36.9 Å². The molecule has 0 saturated carbocycles. The van der Waals surface area contributed by atoms with Crippen LogP contribution in [0.4, 0.5) is 0 Å². The van der Waals surface area contributed by atoms with Gasteiger partial charge in [0.15, 0.2) is 6.61 Å². The average Bonchev–Trinajstić information content (AvgIpc) is 2.87. The summed E-state index contributed by atoms with van der Waals surface area (Å²) < 4.78 is 12.7. The molecule has 2 aromatic rings. The molecule has 0 fully saturated rings. The number of ketones is 1. The smallest absolute Gasteiger partial charge is 0.252 e. The summed E-state index contributed by atoms with van der Waals surface area (Å²) >= 11 is 0. The molecule has 0 aliphatic heterocycles. The Kier molecular flexibility index (Phi) is 5.64. The maximum absolute atomic E-state index is 12.5. The van der Waals surface area contributed by atoms with Gasteiger partial charge in [0.2, 0.25) is 5.78 Å². The van der Waals surface area contributed by atoms with Crippen molar-refractivity contribution in [2.45, 2.75) is 20.4 Å². The maximum atomic E-state index is 12.5. The quantitative estimate of drug-likeness (QED) is 0.590. The molecule has 1 aromatic carbocycles. The van der Waals surface area contributed by atoms with Crippen molar-refractivity contribution in [2.75, 3.05) is 13.7 Å². The van der Waals surface area contributed by atoms with Crippen molar-refractivity contribution in [2.24, 2.45) is 5.73 Å². The number of primary amides is 1. The van der Waals surface area contributed by atoms with E-state index in [2.05, 4.69) is 6.58 Å². The Hall–Kier alpha value is -3.02. The van der Waals surface area contributed by atoms with Gasteiger partial charge in [-0.25, -0.2) is 0 Å². The van der Waals surface area contributed by atoms with Gasteiger partial charge in [-0.15, -0.1) is 6.58 Å². The number of Topliss-reactive ketones (excluding diaryl/α,β-unsaturated/α-hetero) is 1. The van der Waals surface area contributed by atoms with Crippen molar-refractivity contribution in [1.29, 1.82) is 0 Å². The van der Waals surface area contributed by atoms with Gasteiger partial charge in [0.05, 0.1) is 12.7 Å². The Morgan fingerprint density at radius 2 is 1.96 bits per heavy atom. The number of carbonyl (C=O) groups excluding carboxylic acids is 2. The Bertz CT molecular complexity index is 821. The number of methoxy groups -OCH3 is 1. The van der Waals surface area contributed by atoms with E-state index in [1.54, 1.807) is 12.1 Å². The fourth-order valence-electron chi connectivity index (χ4n) is 2.67. The lowest BCUT2D eigenvalue weighted by atomic mass is 10.1. The highest BCUT2D eigenvalue weighted by Gasteiger charge is 2.17. The van der Waals surface area contributed by atoms with Crippen LogP contribution in [-0.4, -0.2) is 30.0 Å². The molecule has 0 bridgehead atoms. The molecule has 0 saturated heterocycles. The zero-order chi connectivity index (χ0) is 18.6. The molecule has 0 atom stereocenters. The second kappa shape index (κ2) is 7.70. The van der Waals surface area contributed by atoms with Crippen molar-refractivity contribution in [1.82, 2.24) is 4.57 Å². The van der Waals surface area contributed by atoms with Gasteiger partial charge in [-0.05, 0) is 32.0 Å². The number of hydrogen-bond donors (Lipinski definition) is 1. The number of nitrogens with two attached hydrogens (primary N) is 1. The van der Waals surface area contributed by atoms with Crippen molar-refractivity contribution in [3.05, 3.63) is 59.4 Å². The van der Waals surface area contributed by atoms with Gasteiger partial charge in [0.25, 0.3) is 5.91 Å². The average molecular weight is 342 g/mol. The summed E-state index contributed by atoms with van der Waals surface area (Å²) in [5, 5.41) is 0. The van der Waals surface area contributed by atoms with Crippen molar-refractivity contribution < 1.29 is 19.1 Å². The molecule has 1 heterocycles. The van der Waals surface area contributed by atoms with E-state index < -0.39 is 5.91 Å². The van der Waals surface area contributed by atoms with E-state index in [1.807, 2.05) is 24.5 Å². The minimum absolute atomic E-state index is 0.179. The molecule has 0 aliphatic carbocycles. The summed E-state index contributed by atoms with van der Waals surface area (Å²) in [5.41, 5.74) is 7.96. The maximum Gasteiger partial charge on any atom is 0.252 e. The fraction of sp³-hybridized carbons (Fsp3) is 0.263. The molecule has 0 radical (unpaired) electrons. The van der Waals surface area contributed by atoms with Crippen LogP contribution >= 0.6 is 0 Å². The number of rotatable bonds is 8. The standard InChI is InChI=1S/C19H22N2O4/c1-5-8-21-12(2)9-16(13(21)3)17(22)11-25-18-10-14(24-4)6-7-15(18)19(20)23/h5-7,9-10H,1,8,11H2,2-4H3,(H2,20,23). The first kappa shape index (κ1) is 18.3. The number of nitrogens with zero attached hydrogens (tertiary/aromatic N) is 1. The molecule has 2 rings (SSSR count). The highest BCUT2D eigenvalue weighted by Crippen LogP contribution is 2.25. The molecule has 1 aromatic heterocycles. The minimum atomic E-state index is -0.630. The lowest BCUT2D eigenvalue weighted by molar-refractivity contribution is 0.0911. The van der Waals surface area contributed by atoms with Gasteiger partial charge in [-0.3, -0.25) is 9.59 Å². The van der Waals surface area contributed by atoms with Gasteiger partial charge in [-0.2, -0.15) is 0 Å². The monoisotopic (exact) mass is 342 g/mol. The number of allylic oxidation sites excluding steroid dienone is 1. The molecule has 0 unspecified atom stereocenters. The van der Waals surface area contributed by atoms with Crippen LogP contribution in [0.3, 0.4) is 0 Å². The first-order chi connectivity index (χ1) is 11.9. The number of carbonyl (C=O) groups is 2. The number of aromatic nitrogens is 1. The van der Waals surface area contributed by atoms with Crippen LogP contribution in [0.2, 0.25) is 0 Å². The number of aryl methyl sites for hydroxylation is 1. The van der Waals surface area contributed by atoms with E-state index in [1.165, 1.54) is 19.2 Å². The van der Waals surface area contributed by atoms with Crippen LogP contribution in [0, 0.1) is 13.8 Å². The second-order valence-electron chi connectivity index (χ2n) is 5.62. The summed E-state index contributed by atoms with van der Waals surface area (Å²) in [6.07, 6.45) is 1.78. The normalized spacial score (nSPS) is 10.4. The van der Waals surface area contributed by atoms with E-state index in [-0.39, 0.29) is 23.7 Å².